The molecule has 1 amide bonds. The zero-order chi connectivity index (χ0) is 14.6. The summed E-state index contributed by atoms with van der Waals surface area (Å²) in [5.74, 6) is 0.234. The molecule has 0 aliphatic heterocycles. The lowest BCUT2D eigenvalue weighted by Gasteiger charge is -2.09. The minimum atomic E-state index is -3.93. The van der Waals surface area contributed by atoms with Crippen LogP contribution in [0.1, 0.15) is 5.56 Å². The van der Waals surface area contributed by atoms with Crippen molar-refractivity contribution < 1.29 is 17.4 Å². The summed E-state index contributed by atoms with van der Waals surface area (Å²) in [6, 6.07) is 12.6. The number of hydrogen-bond acceptors (Lipinski definition) is 4. The molecule has 5 nitrogen and oxygen atoms in total. The van der Waals surface area contributed by atoms with Crippen molar-refractivity contribution in [2.45, 2.75) is 11.8 Å². The van der Waals surface area contributed by atoms with Crippen LogP contribution in [0.5, 0.6) is 5.75 Å². The molecular weight excluding hydrogens is 278 g/mol. The first-order valence-electron chi connectivity index (χ1n) is 5.83. The average Bonchev–Trinajstić information content (AvgIpc) is 2.42. The SMILES string of the molecule is Cc1ccc(S(=O)(=O)Oc2ccccc2)cc1NC=O. The van der Waals surface area contributed by atoms with E-state index < -0.39 is 10.1 Å². The van der Waals surface area contributed by atoms with E-state index in [1.165, 1.54) is 12.1 Å². The van der Waals surface area contributed by atoms with Gasteiger partial charge in [-0.25, -0.2) is 0 Å². The number of carbonyl (C=O) groups is 1. The number of benzene rings is 2. The van der Waals surface area contributed by atoms with Gasteiger partial charge in [-0.05, 0) is 36.8 Å². The van der Waals surface area contributed by atoms with Gasteiger partial charge in [0, 0.05) is 5.69 Å². The molecule has 0 radical (unpaired) electrons. The summed E-state index contributed by atoms with van der Waals surface area (Å²) in [7, 11) is -3.93. The Balaban J connectivity index is 2.34. The molecule has 0 spiro atoms. The fraction of sp³-hybridized carbons (Fsp3) is 0.0714. The Bertz CT molecular complexity index is 711. The molecule has 0 aliphatic rings. The van der Waals surface area contributed by atoms with E-state index in [2.05, 4.69) is 5.32 Å². The van der Waals surface area contributed by atoms with E-state index in [1.807, 2.05) is 0 Å². The molecule has 6 heteroatoms. The average molecular weight is 291 g/mol. The van der Waals surface area contributed by atoms with Crippen molar-refractivity contribution in [3.8, 4) is 5.75 Å². The number of amides is 1. The first-order chi connectivity index (χ1) is 9.53. The second-order valence-electron chi connectivity index (χ2n) is 4.09. The van der Waals surface area contributed by atoms with Crippen LogP contribution in [0.2, 0.25) is 0 Å². The topological polar surface area (TPSA) is 72.5 Å². The second-order valence-corrected chi connectivity index (χ2v) is 5.64. The molecule has 2 rings (SSSR count). The van der Waals surface area contributed by atoms with Crippen LogP contribution in [-0.2, 0) is 14.9 Å². The van der Waals surface area contributed by atoms with E-state index in [0.29, 0.717) is 12.1 Å². The van der Waals surface area contributed by atoms with E-state index in [4.69, 9.17) is 4.18 Å². The van der Waals surface area contributed by atoms with Gasteiger partial charge in [0.05, 0.1) is 0 Å². The lowest BCUT2D eigenvalue weighted by atomic mass is 10.2. The zero-order valence-electron chi connectivity index (χ0n) is 10.7. The summed E-state index contributed by atoms with van der Waals surface area (Å²) < 4.78 is 29.3. The monoisotopic (exact) mass is 291 g/mol. The van der Waals surface area contributed by atoms with E-state index in [0.717, 1.165) is 5.56 Å². The summed E-state index contributed by atoms with van der Waals surface area (Å²) in [6.07, 6.45) is 0.497. The summed E-state index contributed by atoms with van der Waals surface area (Å²) >= 11 is 0. The number of hydrogen-bond donors (Lipinski definition) is 1. The van der Waals surface area contributed by atoms with Gasteiger partial charge in [0.1, 0.15) is 10.6 Å². The maximum absolute atomic E-state index is 12.1. The molecule has 0 atom stereocenters. The highest BCUT2D eigenvalue weighted by Crippen LogP contribution is 2.23. The molecule has 0 fully saturated rings. The van der Waals surface area contributed by atoms with Gasteiger partial charge in [0.15, 0.2) is 0 Å². The molecule has 2 aromatic rings. The molecular formula is C14H13NO4S. The molecule has 0 bridgehead atoms. The van der Waals surface area contributed by atoms with Crippen molar-refractivity contribution in [2.75, 3.05) is 5.32 Å². The number of rotatable bonds is 5. The summed E-state index contributed by atoms with van der Waals surface area (Å²) in [5.41, 5.74) is 1.19. The third-order valence-corrected chi connectivity index (χ3v) is 3.90. The van der Waals surface area contributed by atoms with Gasteiger partial charge >= 0.3 is 10.1 Å². The van der Waals surface area contributed by atoms with Crippen LogP contribution < -0.4 is 9.50 Å². The van der Waals surface area contributed by atoms with Crippen LogP contribution in [-0.4, -0.2) is 14.8 Å². The molecule has 0 unspecified atom stereocenters. The van der Waals surface area contributed by atoms with Gasteiger partial charge in [-0.1, -0.05) is 24.3 Å². The Kier molecular flexibility index (Phi) is 4.05. The van der Waals surface area contributed by atoms with E-state index >= 15 is 0 Å². The Morgan fingerprint density at radius 2 is 1.80 bits per heavy atom. The first-order valence-corrected chi connectivity index (χ1v) is 7.24. The highest BCUT2D eigenvalue weighted by atomic mass is 32.2. The lowest BCUT2D eigenvalue weighted by molar-refractivity contribution is -0.105. The molecule has 20 heavy (non-hydrogen) atoms. The van der Waals surface area contributed by atoms with Gasteiger partial charge in [-0.2, -0.15) is 8.42 Å². The molecule has 0 saturated carbocycles. The van der Waals surface area contributed by atoms with Crippen molar-refractivity contribution in [3.63, 3.8) is 0 Å². The standard InChI is InChI=1S/C14H13NO4S/c1-11-7-8-13(9-14(11)15-10-16)20(17,18)19-12-5-3-2-4-6-12/h2-10H,1H3,(H,15,16). The van der Waals surface area contributed by atoms with E-state index in [9.17, 15) is 13.2 Å². The van der Waals surface area contributed by atoms with Gasteiger partial charge in [0.25, 0.3) is 0 Å². The molecule has 0 saturated heterocycles. The van der Waals surface area contributed by atoms with Crippen molar-refractivity contribution in [3.05, 3.63) is 54.1 Å². The zero-order valence-corrected chi connectivity index (χ0v) is 11.6. The minimum Gasteiger partial charge on any atom is -0.379 e. The highest BCUT2D eigenvalue weighted by molar-refractivity contribution is 7.87. The molecule has 0 aliphatic carbocycles. The third-order valence-electron chi connectivity index (χ3n) is 2.66. The number of aryl methyl sites for hydroxylation is 1. The van der Waals surface area contributed by atoms with Gasteiger partial charge in [-0.15, -0.1) is 0 Å². The number of carbonyl (C=O) groups excluding carboxylic acids is 1. The summed E-state index contributed by atoms with van der Waals surface area (Å²) in [4.78, 5) is 10.5. The van der Waals surface area contributed by atoms with E-state index in [1.54, 1.807) is 43.3 Å². The van der Waals surface area contributed by atoms with Crippen LogP contribution in [0.25, 0.3) is 0 Å². The fourth-order valence-electron chi connectivity index (χ4n) is 1.63. The summed E-state index contributed by atoms with van der Waals surface area (Å²) in [6.45, 7) is 1.76. The highest BCUT2D eigenvalue weighted by Gasteiger charge is 2.17. The maximum atomic E-state index is 12.1. The lowest BCUT2D eigenvalue weighted by Crippen LogP contribution is -2.10. The molecule has 104 valence electrons. The van der Waals surface area contributed by atoms with Crippen LogP contribution in [0.3, 0.4) is 0 Å². The van der Waals surface area contributed by atoms with Crippen LogP contribution in [0, 0.1) is 6.92 Å². The van der Waals surface area contributed by atoms with Crippen molar-refractivity contribution in [1.82, 2.24) is 0 Å². The van der Waals surface area contributed by atoms with Crippen molar-refractivity contribution >= 4 is 22.2 Å². The van der Waals surface area contributed by atoms with Gasteiger partial charge in [-0.3, -0.25) is 4.79 Å². The third kappa shape index (κ3) is 3.16. The number of nitrogens with one attached hydrogen (secondary N) is 1. The normalized spacial score (nSPS) is 10.8. The number of para-hydroxylation sites is 1. The molecule has 1 N–H and O–H groups in total. The molecule has 2 aromatic carbocycles. The predicted octanol–water partition coefficient (Wildman–Crippen LogP) is 2.33. The van der Waals surface area contributed by atoms with Crippen LogP contribution in [0.4, 0.5) is 5.69 Å². The Labute approximate surface area is 117 Å². The first kappa shape index (κ1) is 14.1. The van der Waals surface area contributed by atoms with Crippen molar-refractivity contribution in [1.29, 1.82) is 0 Å². The molecule has 0 aromatic heterocycles. The minimum absolute atomic E-state index is 0.0173. The summed E-state index contributed by atoms with van der Waals surface area (Å²) in [5, 5.41) is 2.45. The number of anilines is 1. The van der Waals surface area contributed by atoms with Crippen LogP contribution in [0.15, 0.2) is 53.4 Å². The van der Waals surface area contributed by atoms with Gasteiger partial charge in [0.2, 0.25) is 6.41 Å². The maximum Gasteiger partial charge on any atom is 0.339 e. The smallest absolute Gasteiger partial charge is 0.339 e. The largest absolute Gasteiger partial charge is 0.379 e. The van der Waals surface area contributed by atoms with Crippen LogP contribution >= 0.6 is 0 Å². The molecule has 0 heterocycles. The Morgan fingerprint density at radius 1 is 1.10 bits per heavy atom. The Hall–Kier alpha value is -2.34. The quantitative estimate of drug-likeness (QED) is 0.678. The van der Waals surface area contributed by atoms with E-state index in [-0.39, 0.29) is 10.6 Å². The fourth-order valence-corrected chi connectivity index (χ4v) is 2.58. The van der Waals surface area contributed by atoms with Gasteiger partial charge < -0.3 is 9.50 Å². The second kappa shape index (κ2) is 5.75. The predicted molar refractivity (Wildman–Crippen MR) is 75.1 cm³/mol. The Morgan fingerprint density at radius 3 is 2.45 bits per heavy atom. The van der Waals surface area contributed by atoms with Crippen molar-refractivity contribution in [2.24, 2.45) is 0 Å².